The number of aliphatic carboxylic acids is 1. The Morgan fingerprint density at radius 2 is 1.88 bits per heavy atom. The Hall–Kier alpha value is -2.10. The SMILES string of the molecule is CCCCCC/C=C/CC(CC(=O)NCc1ccccc1)C(=O)O. The fourth-order valence-corrected chi connectivity index (χ4v) is 2.43. The second kappa shape index (κ2) is 12.3. The van der Waals surface area contributed by atoms with E-state index in [0.29, 0.717) is 13.0 Å². The fraction of sp³-hybridized carbons (Fsp3) is 0.500. The molecule has 0 aromatic heterocycles. The van der Waals surface area contributed by atoms with Crippen molar-refractivity contribution in [3.63, 3.8) is 0 Å². The fourth-order valence-electron chi connectivity index (χ4n) is 2.43. The van der Waals surface area contributed by atoms with E-state index < -0.39 is 11.9 Å². The molecule has 1 aromatic rings. The lowest BCUT2D eigenvalue weighted by molar-refractivity contribution is -0.143. The Balaban J connectivity index is 2.30. The lowest BCUT2D eigenvalue weighted by Crippen LogP contribution is -2.27. The highest BCUT2D eigenvalue weighted by Crippen LogP contribution is 2.11. The van der Waals surface area contributed by atoms with Crippen molar-refractivity contribution in [1.82, 2.24) is 5.32 Å². The maximum absolute atomic E-state index is 11.9. The molecule has 1 aromatic carbocycles. The molecule has 1 amide bonds. The predicted octanol–water partition coefficient (Wildman–Crippen LogP) is 4.31. The zero-order valence-corrected chi connectivity index (χ0v) is 14.5. The minimum atomic E-state index is -0.916. The zero-order chi connectivity index (χ0) is 17.6. The van der Waals surface area contributed by atoms with Gasteiger partial charge in [-0.05, 0) is 24.8 Å². The summed E-state index contributed by atoms with van der Waals surface area (Å²) in [5, 5.41) is 12.0. The molecule has 0 bridgehead atoms. The Kier molecular flexibility index (Phi) is 10.3. The van der Waals surface area contributed by atoms with E-state index in [4.69, 9.17) is 0 Å². The number of carbonyl (C=O) groups is 2. The van der Waals surface area contributed by atoms with Gasteiger partial charge in [0, 0.05) is 13.0 Å². The van der Waals surface area contributed by atoms with Crippen LogP contribution in [0.25, 0.3) is 0 Å². The molecule has 0 heterocycles. The van der Waals surface area contributed by atoms with Crippen LogP contribution in [-0.4, -0.2) is 17.0 Å². The van der Waals surface area contributed by atoms with Gasteiger partial charge in [0.15, 0.2) is 0 Å². The van der Waals surface area contributed by atoms with E-state index in [1.165, 1.54) is 19.3 Å². The Bertz CT molecular complexity index is 511. The first-order chi connectivity index (χ1) is 11.6. The van der Waals surface area contributed by atoms with Crippen LogP contribution in [0.3, 0.4) is 0 Å². The van der Waals surface area contributed by atoms with Gasteiger partial charge in [0.2, 0.25) is 5.91 Å². The largest absolute Gasteiger partial charge is 0.481 e. The Morgan fingerprint density at radius 3 is 2.54 bits per heavy atom. The highest BCUT2D eigenvalue weighted by atomic mass is 16.4. The summed E-state index contributed by atoms with van der Waals surface area (Å²) in [4.78, 5) is 23.2. The average molecular weight is 331 g/mol. The first kappa shape index (κ1) is 19.9. The maximum Gasteiger partial charge on any atom is 0.307 e. The lowest BCUT2D eigenvalue weighted by atomic mass is 10.0. The van der Waals surface area contributed by atoms with Gasteiger partial charge in [-0.3, -0.25) is 9.59 Å². The number of carboxylic acid groups (broad SMARTS) is 1. The van der Waals surface area contributed by atoms with E-state index >= 15 is 0 Å². The van der Waals surface area contributed by atoms with Crippen LogP contribution in [0.2, 0.25) is 0 Å². The highest BCUT2D eigenvalue weighted by Gasteiger charge is 2.19. The molecule has 2 N–H and O–H groups in total. The Morgan fingerprint density at radius 1 is 1.12 bits per heavy atom. The van der Waals surface area contributed by atoms with Crippen molar-refractivity contribution >= 4 is 11.9 Å². The van der Waals surface area contributed by atoms with E-state index in [1.54, 1.807) is 0 Å². The molecular weight excluding hydrogens is 302 g/mol. The number of allylic oxidation sites excluding steroid dienone is 2. The van der Waals surface area contributed by atoms with Crippen LogP contribution in [0.4, 0.5) is 0 Å². The number of benzene rings is 1. The summed E-state index contributed by atoms with van der Waals surface area (Å²) in [6, 6.07) is 9.59. The van der Waals surface area contributed by atoms with Gasteiger partial charge in [-0.1, -0.05) is 68.7 Å². The molecule has 0 fully saturated rings. The van der Waals surface area contributed by atoms with Gasteiger partial charge in [-0.25, -0.2) is 0 Å². The van der Waals surface area contributed by atoms with Gasteiger partial charge >= 0.3 is 5.97 Å². The summed E-state index contributed by atoms with van der Waals surface area (Å²) < 4.78 is 0. The molecule has 1 atom stereocenters. The number of hydrogen-bond acceptors (Lipinski definition) is 2. The van der Waals surface area contributed by atoms with Crippen molar-refractivity contribution in [2.45, 2.75) is 58.4 Å². The molecule has 1 unspecified atom stereocenters. The van der Waals surface area contributed by atoms with Crippen molar-refractivity contribution < 1.29 is 14.7 Å². The summed E-state index contributed by atoms with van der Waals surface area (Å²) >= 11 is 0. The smallest absolute Gasteiger partial charge is 0.307 e. The minimum Gasteiger partial charge on any atom is -0.481 e. The number of carbonyl (C=O) groups excluding carboxylic acids is 1. The molecule has 1 rings (SSSR count). The molecule has 0 saturated carbocycles. The van der Waals surface area contributed by atoms with Crippen LogP contribution in [-0.2, 0) is 16.1 Å². The molecule has 0 radical (unpaired) electrons. The highest BCUT2D eigenvalue weighted by molar-refractivity contribution is 5.82. The maximum atomic E-state index is 11.9. The van der Waals surface area contributed by atoms with Gasteiger partial charge in [-0.15, -0.1) is 0 Å². The molecule has 132 valence electrons. The van der Waals surface area contributed by atoms with Crippen molar-refractivity contribution in [1.29, 1.82) is 0 Å². The standard InChI is InChI=1S/C20H29NO3/c1-2-3-4-5-6-7-11-14-18(20(23)24)15-19(22)21-16-17-12-9-8-10-13-17/h7-13,18H,2-6,14-16H2,1H3,(H,21,22)(H,23,24)/b11-7+. The number of unbranched alkanes of at least 4 members (excludes halogenated alkanes) is 4. The van der Waals surface area contributed by atoms with Crippen molar-refractivity contribution in [3.05, 3.63) is 48.0 Å². The third-order valence-corrected chi connectivity index (χ3v) is 3.93. The van der Waals surface area contributed by atoms with Gasteiger partial charge < -0.3 is 10.4 Å². The van der Waals surface area contributed by atoms with Gasteiger partial charge in [0.1, 0.15) is 0 Å². The second-order valence-electron chi connectivity index (χ2n) is 6.06. The van der Waals surface area contributed by atoms with Gasteiger partial charge in [-0.2, -0.15) is 0 Å². The number of rotatable bonds is 12. The van der Waals surface area contributed by atoms with Crippen LogP contribution in [0.1, 0.15) is 57.4 Å². The van der Waals surface area contributed by atoms with Crippen LogP contribution in [0.15, 0.2) is 42.5 Å². The number of nitrogens with one attached hydrogen (secondary N) is 1. The van der Waals surface area contributed by atoms with Crippen molar-refractivity contribution in [3.8, 4) is 0 Å². The van der Waals surface area contributed by atoms with Crippen LogP contribution >= 0.6 is 0 Å². The van der Waals surface area contributed by atoms with E-state index in [9.17, 15) is 14.7 Å². The summed E-state index contributed by atoms with van der Waals surface area (Å²) in [7, 11) is 0. The molecular formula is C20H29NO3. The molecule has 0 aliphatic rings. The average Bonchev–Trinajstić information content (AvgIpc) is 2.59. The third kappa shape index (κ3) is 9.13. The summed E-state index contributed by atoms with van der Waals surface area (Å²) in [6.07, 6.45) is 10.1. The third-order valence-electron chi connectivity index (χ3n) is 3.93. The Labute approximate surface area is 145 Å². The minimum absolute atomic E-state index is 0.0162. The van der Waals surface area contributed by atoms with Crippen molar-refractivity contribution in [2.75, 3.05) is 0 Å². The normalized spacial score (nSPS) is 12.2. The molecule has 0 saturated heterocycles. The molecule has 4 heteroatoms. The summed E-state index contributed by atoms with van der Waals surface area (Å²) in [5.74, 6) is -1.80. The number of amides is 1. The van der Waals surface area contributed by atoms with Gasteiger partial charge in [0.25, 0.3) is 0 Å². The molecule has 0 spiro atoms. The first-order valence-corrected chi connectivity index (χ1v) is 8.82. The van der Waals surface area contributed by atoms with E-state index in [1.807, 2.05) is 42.5 Å². The van der Waals surface area contributed by atoms with Gasteiger partial charge in [0.05, 0.1) is 5.92 Å². The first-order valence-electron chi connectivity index (χ1n) is 8.82. The lowest BCUT2D eigenvalue weighted by Gasteiger charge is -2.10. The quantitative estimate of drug-likeness (QED) is 0.443. The van der Waals surface area contributed by atoms with Crippen molar-refractivity contribution in [2.24, 2.45) is 5.92 Å². The van der Waals surface area contributed by atoms with E-state index in [2.05, 4.69) is 12.2 Å². The molecule has 0 aliphatic heterocycles. The van der Waals surface area contributed by atoms with Crippen LogP contribution in [0, 0.1) is 5.92 Å². The molecule has 0 aliphatic carbocycles. The summed E-state index contributed by atoms with van der Waals surface area (Å²) in [6.45, 7) is 2.61. The zero-order valence-electron chi connectivity index (χ0n) is 14.5. The number of carboxylic acids is 1. The number of hydrogen-bond donors (Lipinski definition) is 2. The van der Waals surface area contributed by atoms with E-state index in [0.717, 1.165) is 18.4 Å². The topological polar surface area (TPSA) is 66.4 Å². The predicted molar refractivity (Wildman–Crippen MR) is 96.5 cm³/mol. The second-order valence-corrected chi connectivity index (χ2v) is 6.06. The monoisotopic (exact) mass is 331 g/mol. The molecule has 4 nitrogen and oxygen atoms in total. The van der Waals surface area contributed by atoms with Crippen LogP contribution in [0.5, 0.6) is 0 Å². The van der Waals surface area contributed by atoms with Crippen LogP contribution < -0.4 is 5.32 Å². The molecule has 24 heavy (non-hydrogen) atoms. The van der Waals surface area contributed by atoms with E-state index in [-0.39, 0.29) is 12.3 Å². The summed E-state index contributed by atoms with van der Waals surface area (Å²) in [5.41, 5.74) is 1.00.